The molecule has 0 bridgehead atoms. The zero-order valence-corrected chi connectivity index (χ0v) is 16.1. The number of carbonyl (C=O) groups is 2. The highest BCUT2D eigenvalue weighted by Crippen LogP contribution is 2.35. The van der Waals surface area contributed by atoms with E-state index in [1.165, 1.54) is 0 Å². The quantitative estimate of drug-likeness (QED) is 0.549. The molecular weight excluding hydrogens is 382 g/mol. The van der Waals surface area contributed by atoms with Crippen LogP contribution in [0.1, 0.15) is 11.1 Å². The molecule has 7 heteroatoms. The molecule has 138 valence electrons. The van der Waals surface area contributed by atoms with Gasteiger partial charge in [-0.25, -0.2) is 0 Å². The molecule has 0 unspecified atom stereocenters. The van der Waals surface area contributed by atoms with Crippen molar-refractivity contribution >= 4 is 46.3 Å². The minimum Gasteiger partial charge on any atom is -0.548 e. The highest BCUT2D eigenvalue weighted by molar-refractivity contribution is 8.26. The maximum absolute atomic E-state index is 12.8. The van der Waals surface area contributed by atoms with Gasteiger partial charge in [0.1, 0.15) is 10.1 Å². The van der Waals surface area contributed by atoms with Crippen LogP contribution < -0.4 is 9.84 Å². The molecule has 0 N–H and O–H groups in total. The van der Waals surface area contributed by atoms with Crippen molar-refractivity contribution in [3.8, 4) is 5.75 Å². The number of nitrogens with zero attached hydrogens (tertiary/aromatic N) is 1. The average Bonchev–Trinajstić information content (AvgIpc) is 2.94. The smallest absolute Gasteiger partial charge is 0.266 e. The first-order chi connectivity index (χ1) is 13.0. The third kappa shape index (κ3) is 4.37. The summed E-state index contributed by atoms with van der Waals surface area (Å²) >= 11 is 6.37. The van der Waals surface area contributed by atoms with E-state index in [4.69, 9.17) is 17.0 Å². The predicted octanol–water partition coefficient (Wildman–Crippen LogP) is 2.26. The number of amides is 1. The maximum Gasteiger partial charge on any atom is 0.266 e. The molecular formula is C20H16NO4S2-. The molecule has 1 fully saturated rings. The summed E-state index contributed by atoms with van der Waals surface area (Å²) in [5, 5.41) is 11.7. The van der Waals surface area contributed by atoms with E-state index in [1.807, 2.05) is 30.3 Å². The summed E-state index contributed by atoms with van der Waals surface area (Å²) < 4.78 is 5.39. The normalized spacial score (nSPS) is 16.6. The van der Waals surface area contributed by atoms with Crippen LogP contribution in [0.3, 0.4) is 0 Å². The molecule has 0 saturated carbocycles. The van der Waals surface area contributed by atoms with Gasteiger partial charge in [0.2, 0.25) is 0 Å². The Bertz CT molecular complexity index is 911. The second kappa shape index (κ2) is 8.37. The fourth-order valence-corrected chi connectivity index (χ4v) is 4.11. The van der Waals surface area contributed by atoms with Gasteiger partial charge in [-0.2, -0.15) is 0 Å². The Morgan fingerprint density at radius 2 is 2.00 bits per heavy atom. The van der Waals surface area contributed by atoms with E-state index >= 15 is 0 Å². The van der Waals surface area contributed by atoms with Crippen molar-refractivity contribution in [1.29, 1.82) is 0 Å². The summed E-state index contributed by atoms with van der Waals surface area (Å²) in [5.41, 5.74) is 1.56. The van der Waals surface area contributed by atoms with E-state index in [0.717, 1.165) is 27.8 Å². The van der Waals surface area contributed by atoms with Gasteiger partial charge in [0.15, 0.2) is 0 Å². The lowest BCUT2D eigenvalue weighted by atomic mass is 10.0. The molecule has 0 aromatic heterocycles. The SMILES string of the molecule is COc1cccc(/C=C2\SC(=S)N([C@H](Cc3ccccc3)C(=O)[O-])C2=O)c1. The van der Waals surface area contributed by atoms with Crippen LogP contribution in [-0.4, -0.2) is 34.2 Å². The van der Waals surface area contributed by atoms with Gasteiger partial charge in [-0.05, 0) is 35.8 Å². The number of rotatable bonds is 6. The number of ether oxygens (including phenoxy) is 1. The summed E-state index contributed by atoms with van der Waals surface area (Å²) in [4.78, 5) is 26.1. The number of benzene rings is 2. The van der Waals surface area contributed by atoms with Gasteiger partial charge >= 0.3 is 0 Å². The molecule has 1 atom stereocenters. The fourth-order valence-electron chi connectivity index (χ4n) is 2.75. The van der Waals surface area contributed by atoms with Crippen LogP contribution in [0.2, 0.25) is 0 Å². The first-order valence-electron chi connectivity index (χ1n) is 8.15. The number of carboxylic acids is 1. The van der Waals surface area contributed by atoms with Crippen molar-refractivity contribution < 1.29 is 19.4 Å². The number of thiocarbonyl (C=S) groups is 1. The highest BCUT2D eigenvalue weighted by Gasteiger charge is 2.37. The van der Waals surface area contributed by atoms with E-state index in [0.29, 0.717) is 10.7 Å². The fraction of sp³-hybridized carbons (Fsp3) is 0.150. The molecule has 1 aliphatic rings. The van der Waals surface area contributed by atoms with Gasteiger partial charge in [-0.1, -0.05) is 66.4 Å². The van der Waals surface area contributed by atoms with Crippen LogP contribution in [-0.2, 0) is 16.0 Å². The summed E-state index contributed by atoms with van der Waals surface area (Å²) in [6.07, 6.45) is 1.80. The minimum atomic E-state index is -1.34. The standard InChI is InChI=1S/C20H17NO4S2/c1-25-15-9-5-8-14(10-15)12-17-18(22)21(20(26)27-17)16(19(23)24)11-13-6-3-2-4-7-13/h2-10,12,16H,11H2,1H3,(H,23,24)/p-1/b17-12-/t16-/m1/s1. The largest absolute Gasteiger partial charge is 0.548 e. The van der Waals surface area contributed by atoms with Crippen LogP contribution in [0, 0.1) is 0 Å². The Morgan fingerprint density at radius 3 is 2.67 bits per heavy atom. The third-order valence-corrected chi connectivity index (χ3v) is 5.40. The molecule has 3 rings (SSSR count). The Morgan fingerprint density at radius 1 is 1.26 bits per heavy atom. The lowest BCUT2D eigenvalue weighted by molar-refractivity contribution is -0.310. The molecule has 1 amide bonds. The molecule has 2 aromatic carbocycles. The zero-order chi connectivity index (χ0) is 19.4. The molecule has 5 nitrogen and oxygen atoms in total. The molecule has 1 heterocycles. The Labute approximate surface area is 166 Å². The van der Waals surface area contributed by atoms with Crippen molar-refractivity contribution in [1.82, 2.24) is 4.90 Å². The van der Waals surface area contributed by atoms with E-state index < -0.39 is 17.9 Å². The molecule has 2 aromatic rings. The molecule has 0 aliphatic carbocycles. The third-order valence-electron chi connectivity index (χ3n) is 4.07. The van der Waals surface area contributed by atoms with Gasteiger partial charge in [0, 0.05) is 0 Å². The number of hydrogen-bond donors (Lipinski definition) is 0. The van der Waals surface area contributed by atoms with E-state index in [9.17, 15) is 14.7 Å². The van der Waals surface area contributed by atoms with Crippen LogP contribution in [0.5, 0.6) is 5.75 Å². The van der Waals surface area contributed by atoms with Crippen LogP contribution >= 0.6 is 24.0 Å². The first-order valence-corrected chi connectivity index (χ1v) is 9.38. The second-order valence-corrected chi connectivity index (χ2v) is 7.53. The monoisotopic (exact) mass is 398 g/mol. The minimum absolute atomic E-state index is 0.127. The molecule has 1 saturated heterocycles. The summed E-state index contributed by atoms with van der Waals surface area (Å²) in [6.45, 7) is 0. The number of carboxylic acid groups (broad SMARTS) is 1. The molecule has 0 radical (unpaired) electrons. The van der Waals surface area contributed by atoms with Crippen LogP contribution in [0.15, 0.2) is 59.5 Å². The zero-order valence-electron chi connectivity index (χ0n) is 14.5. The molecule has 27 heavy (non-hydrogen) atoms. The topological polar surface area (TPSA) is 69.7 Å². The van der Waals surface area contributed by atoms with Crippen molar-refractivity contribution in [2.45, 2.75) is 12.5 Å². The van der Waals surface area contributed by atoms with Gasteiger partial charge < -0.3 is 14.6 Å². The lowest BCUT2D eigenvalue weighted by Gasteiger charge is -2.27. The van der Waals surface area contributed by atoms with Gasteiger partial charge in [0.05, 0.1) is 24.0 Å². The summed E-state index contributed by atoms with van der Waals surface area (Å²) in [6, 6.07) is 15.1. The average molecular weight is 398 g/mol. The Balaban J connectivity index is 1.87. The van der Waals surface area contributed by atoms with Crippen molar-refractivity contribution in [2.24, 2.45) is 0 Å². The van der Waals surface area contributed by atoms with Crippen molar-refractivity contribution in [3.05, 3.63) is 70.6 Å². The van der Waals surface area contributed by atoms with Crippen molar-refractivity contribution in [3.63, 3.8) is 0 Å². The van der Waals surface area contributed by atoms with Gasteiger partial charge in [0.25, 0.3) is 5.91 Å². The van der Waals surface area contributed by atoms with Crippen LogP contribution in [0.4, 0.5) is 0 Å². The van der Waals surface area contributed by atoms with Gasteiger partial charge in [-0.15, -0.1) is 0 Å². The Kier molecular flexibility index (Phi) is 5.93. The number of carbonyl (C=O) groups excluding carboxylic acids is 2. The van der Waals surface area contributed by atoms with E-state index in [2.05, 4.69) is 0 Å². The second-order valence-electron chi connectivity index (χ2n) is 5.85. The number of aliphatic carboxylic acids is 1. The highest BCUT2D eigenvalue weighted by atomic mass is 32.2. The lowest BCUT2D eigenvalue weighted by Crippen LogP contribution is -2.51. The van der Waals surface area contributed by atoms with Gasteiger partial charge in [-0.3, -0.25) is 9.69 Å². The molecule has 0 spiro atoms. The predicted molar refractivity (Wildman–Crippen MR) is 107 cm³/mol. The molecule has 1 aliphatic heterocycles. The number of hydrogen-bond acceptors (Lipinski definition) is 6. The van der Waals surface area contributed by atoms with Crippen molar-refractivity contribution in [2.75, 3.05) is 7.11 Å². The summed E-state index contributed by atoms with van der Waals surface area (Å²) in [5.74, 6) is -1.10. The number of thioether (sulfide) groups is 1. The maximum atomic E-state index is 12.8. The van der Waals surface area contributed by atoms with E-state index in [1.54, 1.807) is 37.5 Å². The summed E-state index contributed by atoms with van der Waals surface area (Å²) in [7, 11) is 1.56. The van der Waals surface area contributed by atoms with E-state index in [-0.39, 0.29) is 10.7 Å². The van der Waals surface area contributed by atoms with Crippen LogP contribution in [0.25, 0.3) is 6.08 Å². The number of methoxy groups -OCH3 is 1. The first kappa shape index (κ1) is 19.1. The Hall–Kier alpha value is -2.64.